The van der Waals surface area contributed by atoms with Gasteiger partial charge in [-0.15, -0.1) is 0 Å². The molecule has 0 atom stereocenters. The molecule has 0 unspecified atom stereocenters. The molecule has 1 aromatic rings. The fourth-order valence-corrected chi connectivity index (χ4v) is 1.75. The van der Waals surface area contributed by atoms with Crippen molar-refractivity contribution in [2.45, 2.75) is 0 Å². The Labute approximate surface area is 97.5 Å². The number of anilines is 1. The molecule has 2 N–H and O–H groups in total. The molecule has 0 aliphatic carbocycles. The second-order valence-corrected chi connectivity index (χ2v) is 3.81. The lowest BCUT2D eigenvalue weighted by molar-refractivity contribution is -0.114. The number of carbonyl (C=O) groups is 2. The average molecular weight is 234 g/mol. The number of nitrogens with two attached hydrogens (primary N) is 1. The molecule has 1 amide bonds. The first-order valence-electron chi connectivity index (χ1n) is 5.07. The van der Waals surface area contributed by atoms with Crippen LogP contribution < -0.4 is 10.6 Å². The molecule has 0 fully saturated rings. The van der Waals surface area contributed by atoms with Crippen molar-refractivity contribution < 1.29 is 14.0 Å². The fraction of sp³-hybridized carbons (Fsp3) is 0.167. The van der Waals surface area contributed by atoms with E-state index in [-0.39, 0.29) is 24.3 Å². The van der Waals surface area contributed by atoms with Crippen LogP contribution in [0.5, 0.6) is 0 Å². The lowest BCUT2D eigenvalue weighted by Gasteiger charge is -2.17. The summed E-state index contributed by atoms with van der Waals surface area (Å²) in [7, 11) is 0. The number of ketones is 1. The zero-order chi connectivity index (χ0) is 12.6. The summed E-state index contributed by atoms with van der Waals surface area (Å²) in [5, 5.41) is 0. The SMILES string of the molecule is C=C(CN)CN1C(=O)C(=O)c2cccc(F)c21. The molecular weight excluding hydrogens is 223 g/mol. The highest BCUT2D eigenvalue weighted by atomic mass is 19.1. The highest BCUT2D eigenvalue weighted by molar-refractivity contribution is 6.52. The molecular formula is C12H11FN2O2. The Balaban J connectivity index is 2.47. The van der Waals surface area contributed by atoms with Crippen LogP contribution >= 0.6 is 0 Å². The number of para-hydroxylation sites is 1. The van der Waals surface area contributed by atoms with Gasteiger partial charge in [0.15, 0.2) is 0 Å². The third-order valence-corrected chi connectivity index (χ3v) is 2.61. The third kappa shape index (κ3) is 1.74. The predicted molar refractivity (Wildman–Crippen MR) is 61.3 cm³/mol. The van der Waals surface area contributed by atoms with Gasteiger partial charge < -0.3 is 5.73 Å². The number of halogens is 1. The Morgan fingerprint density at radius 1 is 1.41 bits per heavy atom. The van der Waals surface area contributed by atoms with E-state index in [9.17, 15) is 14.0 Å². The Morgan fingerprint density at radius 3 is 2.76 bits per heavy atom. The van der Waals surface area contributed by atoms with Gasteiger partial charge in [0.25, 0.3) is 11.7 Å². The van der Waals surface area contributed by atoms with E-state index in [1.165, 1.54) is 18.2 Å². The monoisotopic (exact) mass is 234 g/mol. The lowest BCUT2D eigenvalue weighted by Crippen LogP contribution is -2.33. The number of amides is 1. The summed E-state index contributed by atoms with van der Waals surface area (Å²) in [5.74, 6) is -2.02. The molecule has 5 heteroatoms. The second-order valence-electron chi connectivity index (χ2n) is 3.81. The average Bonchev–Trinajstić information content (AvgIpc) is 2.56. The topological polar surface area (TPSA) is 63.4 Å². The van der Waals surface area contributed by atoms with Gasteiger partial charge in [0.2, 0.25) is 0 Å². The number of hydrogen-bond acceptors (Lipinski definition) is 3. The van der Waals surface area contributed by atoms with E-state index in [0.29, 0.717) is 5.57 Å². The maximum atomic E-state index is 13.6. The Kier molecular flexibility index (Phi) is 2.77. The molecule has 0 saturated heterocycles. The van der Waals surface area contributed by atoms with E-state index in [1.54, 1.807) is 0 Å². The van der Waals surface area contributed by atoms with Crippen molar-refractivity contribution in [2.24, 2.45) is 5.73 Å². The predicted octanol–water partition coefficient (Wildman–Crippen LogP) is 0.870. The van der Waals surface area contributed by atoms with Crippen LogP contribution in [0.25, 0.3) is 0 Å². The van der Waals surface area contributed by atoms with Gasteiger partial charge in [-0.05, 0) is 17.7 Å². The van der Waals surface area contributed by atoms with Crippen molar-refractivity contribution in [3.8, 4) is 0 Å². The van der Waals surface area contributed by atoms with E-state index in [4.69, 9.17) is 5.73 Å². The smallest absolute Gasteiger partial charge is 0.299 e. The Hall–Kier alpha value is -2.01. The van der Waals surface area contributed by atoms with Gasteiger partial charge in [0, 0.05) is 13.1 Å². The summed E-state index contributed by atoms with van der Waals surface area (Å²) in [6.07, 6.45) is 0. The summed E-state index contributed by atoms with van der Waals surface area (Å²) < 4.78 is 13.6. The standard InChI is InChI=1S/C12H11FN2O2/c1-7(5-14)6-15-10-8(11(16)12(15)17)3-2-4-9(10)13/h2-4H,1,5-6,14H2. The number of nitrogens with zero attached hydrogens (tertiary/aromatic N) is 1. The number of benzene rings is 1. The summed E-state index contributed by atoms with van der Waals surface area (Å²) in [6.45, 7) is 3.89. The van der Waals surface area contributed by atoms with Gasteiger partial charge in [-0.25, -0.2) is 4.39 Å². The van der Waals surface area contributed by atoms with Crippen LogP contribution in [-0.2, 0) is 4.79 Å². The quantitative estimate of drug-likeness (QED) is 0.623. The minimum atomic E-state index is -0.736. The van der Waals surface area contributed by atoms with Gasteiger partial charge in [0.05, 0.1) is 11.3 Å². The van der Waals surface area contributed by atoms with Gasteiger partial charge >= 0.3 is 0 Å². The van der Waals surface area contributed by atoms with E-state index in [0.717, 1.165) is 4.90 Å². The zero-order valence-electron chi connectivity index (χ0n) is 9.07. The maximum Gasteiger partial charge on any atom is 0.299 e. The molecule has 4 nitrogen and oxygen atoms in total. The minimum Gasteiger partial charge on any atom is -0.327 e. The van der Waals surface area contributed by atoms with Gasteiger partial charge in [-0.2, -0.15) is 0 Å². The lowest BCUT2D eigenvalue weighted by atomic mass is 10.1. The molecule has 88 valence electrons. The Bertz CT molecular complexity index is 525. The third-order valence-electron chi connectivity index (χ3n) is 2.61. The van der Waals surface area contributed by atoms with E-state index >= 15 is 0 Å². The first kappa shape index (κ1) is 11.5. The molecule has 0 spiro atoms. The normalized spacial score (nSPS) is 14.1. The van der Waals surface area contributed by atoms with Crippen LogP contribution in [0.15, 0.2) is 30.4 Å². The molecule has 2 rings (SSSR count). The molecule has 17 heavy (non-hydrogen) atoms. The second kappa shape index (κ2) is 4.10. The van der Waals surface area contributed by atoms with Crippen LogP contribution in [0.4, 0.5) is 10.1 Å². The molecule has 0 saturated carbocycles. The summed E-state index contributed by atoms with van der Waals surface area (Å²) in [5.41, 5.74) is 6.05. The van der Waals surface area contributed by atoms with Crippen molar-refractivity contribution in [1.29, 1.82) is 0 Å². The summed E-state index contributed by atoms with van der Waals surface area (Å²) >= 11 is 0. The van der Waals surface area contributed by atoms with Gasteiger partial charge in [-0.1, -0.05) is 12.6 Å². The van der Waals surface area contributed by atoms with Crippen molar-refractivity contribution in [3.63, 3.8) is 0 Å². The van der Waals surface area contributed by atoms with Gasteiger partial charge in [-0.3, -0.25) is 14.5 Å². The molecule has 0 bridgehead atoms. The van der Waals surface area contributed by atoms with Crippen LogP contribution in [0.2, 0.25) is 0 Å². The summed E-state index contributed by atoms with van der Waals surface area (Å²) in [6, 6.07) is 4.05. The molecule has 1 heterocycles. The first-order chi connectivity index (χ1) is 8.06. The Morgan fingerprint density at radius 2 is 2.12 bits per heavy atom. The highest BCUT2D eigenvalue weighted by Crippen LogP contribution is 2.31. The zero-order valence-corrected chi connectivity index (χ0v) is 9.07. The number of carbonyl (C=O) groups excluding carboxylic acids is 2. The first-order valence-corrected chi connectivity index (χ1v) is 5.07. The highest BCUT2D eigenvalue weighted by Gasteiger charge is 2.37. The molecule has 1 aliphatic rings. The van der Waals surface area contributed by atoms with Crippen molar-refractivity contribution in [3.05, 3.63) is 41.7 Å². The summed E-state index contributed by atoms with van der Waals surface area (Å²) in [4.78, 5) is 24.4. The molecule has 0 aromatic heterocycles. The van der Waals surface area contributed by atoms with Crippen LogP contribution in [0.3, 0.4) is 0 Å². The van der Waals surface area contributed by atoms with E-state index < -0.39 is 17.5 Å². The number of hydrogen-bond donors (Lipinski definition) is 1. The minimum absolute atomic E-state index is 0.0251. The maximum absolute atomic E-state index is 13.6. The molecule has 1 aliphatic heterocycles. The van der Waals surface area contributed by atoms with E-state index in [2.05, 4.69) is 6.58 Å². The van der Waals surface area contributed by atoms with Crippen molar-refractivity contribution in [1.82, 2.24) is 0 Å². The van der Waals surface area contributed by atoms with Crippen molar-refractivity contribution >= 4 is 17.4 Å². The molecule has 0 radical (unpaired) electrons. The number of Topliss-reactive ketones (excluding diaryl/α,β-unsaturated/α-hetero) is 1. The molecule has 1 aromatic carbocycles. The van der Waals surface area contributed by atoms with Crippen LogP contribution in [0.1, 0.15) is 10.4 Å². The van der Waals surface area contributed by atoms with Crippen LogP contribution in [-0.4, -0.2) is 24.8 Å². The van der Waals surface area contributed by atoms with Crippen LogP contribution in [0, 0.1) is 5.82 Å². The number of rotatable bonds is 3. The van der Waals surface area contributed by atoms with Crippen molar-refractivity contribution in [2.75, 3.05) is 18.0 Å². The fourth-order valence-electron chi connectivity index (χ4n) is 1.75. The van der Waals surface area contributed by atoms with E-state index in [1.807, 2.05) is 0 Å². The van der Waals surface area contributed by atoms with Gasteiger partial charge in [0.1, 0.15) is 5.82 Å². The number of fused-ring (bicyclic) bond motifs is 1. The largest absolute Gasteiger partial charge is 0.327 e.